The van der Waals surface area contributed by atoms with Gasteiger partial charge in [-0.05, 0) is 53.9 Å². The van der Waals surface area contributed by atoms with Crippen LogP contribution in [0.5, 0.6) is 0 Å². The number of carbonyl (C=O) groups is 1. The van der Waals surface area contributed by atoms with Crippen molar-refractivity contribution in [3.05, 3.63) is 102 Å². The van der Waals surface area contributed by atoms with Crippen molar-refractivity contribution in [3.63, 3.8) is 0 Å². The number of carbonyl (C=O) groups excluding carboxylic acids is 1. The van der Waals surface area contributed by atoms with E-state index < -0.39 is 0 Å². The number of benzene rings is 3. The molecule has 0 aliphatic rings. The molecule has 4 aromatic rings. The minimum Gasteiger partial charge on any atom is -0.399 e. The number of hydrogen-bond donors (Lipinski definition) is 3. The summed E-state index contributed by atoms with van der Waals surface area (Å²) in [6.07, 6.45) is 3.90. The normalized spacial score (nSPS) is 10.5. The van der Waals surface area contributed by atoms with E-state index in [1.807, 2.05) is 30.3 Å². The number of halogens is 1. The number of hydrogen-bond acceptors (Lipinski definition) is 5. The summed E-state index contributed by atoms with van der Waals surface area (Å²) in [7, 11) is 0. The standard InChI is InChI=1S/C25H22FN5O/c26-21-8-3-6-18(13-21)20-15-29-25(30-16-20)31-22-9-4-7-19(14-22)24(32)28-12-11-17-5-1-2-10-23(17)27/h1-10,13-16H,11-12,27H2,(H,28,32)(H,29,30,31). The zero-order valence-corrected chi connectivity index (χ0v) is 17.3. The Morgan fingerprint density at radius 1 is 0.906 bits per heavy atom. The summed E-state index contributed by atoms with van der Waals surface area (Å²) in [5, 5.41) is 6.00. The van der Waals surface area contributed by atoms with Gasteiger partial charge in [-0.2, -0.15) is 0 Å². The lowest BCUT2D eigenvalue weighted by atomic mass is 10.1. The maximum Gasteiger partial charge on any atom is 0.251 e. The molecule has 0 bridgehead atoms. The molecule has 7 heteroatoms. The summed E-state index contributed by atoms with van der Waals surface area (Å²) < 4.78 is 13.4. The Kier molecular flexibility index (Phi) is 6.36. The van der Waals surface area contributed by atoms with Gasteiger partial charge in [-0.15, -0.1) is 0 Å². The van der Waals surface area contributed by atoms with Gasteiger partial charge in [-0.3, -0.25) is 4.79 Å². The van der Waals surface area contributed by atoms with Gasteiger partial charge in [0.25, 0.3) is 5.91 Å². The molecular formula is C25H22FN5O. The number of nitrogens with zero attached hydrogens (tertiary/aromatic N) is 2. The van der Waals surface area contributed by atoms with Crippen LogP contribution in [0.4, 0.5) is 21.7 Å². The molecule has 0 spiro atoms. The van der Waals surface area contributed by atoms with E-state index in [-0.39, 0.29) is 11.7 Å². The van der Waals surface area contributed by atoms with Gasteiger partial charge in [0, 0.05) is 41.4 Å². The van der Waals surface area contributed by atoms with Crippen molar-refractivity contribution in [2.24, 2.45) is 0 Å². The molecule has 160 valence electrons. The number of rotatable bonds is 7. The third kappa shape index (κ3) is 5.26. The van der Waals surface area contributed by atoms with Crippen LogP contribution in [0, 0.1) is 5.82 Å². The highest BCUT2D eigenvalue weighted by atomic mass is 19.1. The summed E-state index contributed by atoms with van der Waals surface area (Å²) in [5.74, 6) is -0.111. The molecule has 0 unspecified atom stereocenters. The van der Waals surface area contributed by atoms with E-state index >= 15 is 0 Å². The van der Waals surface area contributed by atoms with Crippen LogP contribution in [0.25, 0.3) is 11.1 Å². The average molecular weight is 427 g/mol. The summed E-state index contributed by atoms with van der Waals surface area (Å²) in [4.78, 5) is 21.1. The lowest BCUT2D eigenvalue weighted by molar-refractivity contribution is 0.0954. The van der Waals surface area contributed by atoms with Gasteiger partial charge in [-0.1, -0.05) is 36.4 Å². The predicted molar refractivity (Wildman–Crippen MR) is 124 cm³/mol. The molecule has 3 aromatic carbocycles. The second-order valence-corrected chi connectivity index (χ2v) is 7.22. The Morgan fingerprint density at radius 2 is 1.69 bits per heavy atom. The van der Waals surface area contributed by atoms with Crippen LogP contribution in [0.1, 0.15) is 15.9 Å². The quantitative estimate of drug-likeness (QED) is 0.376. The summed E-state index contributed by atoms with van der Waals surface area (Å²) in [6, 6.07) is 20.9. The molecular weight excluding hydrogens is 405 g/mol. The van der Waals surface area contributed by atoms with E-state index in [1.54, 1.807) is 42.7 Å². The fourth-order valence-corrected chi connectivity index (χ4v) is 3.25. The Bertz CT molecular complexity index is 1230. The van der Waals surface area contributed by atoms with Crippen molar-refractivity contribution >= 4 is 23.2 Å². The van der Waals surface area contributed by atoms with Crippen molar-refractivity contribution in [3.8, 4) is 11.1 Å². The van der Waals surface area contributed by atoms with E-state index in [0.717, 1.165) is 11.3 Å². The van der Waals surface area contributed by atoms with Gasteiger partial charge in [0.05, 0.1) is 0 Å². The third-order valence-corrected chi connectivity index (χ3v) is 4.93. The SMILES string of the molecule is Nc1ccccc1CCNC(=O)c1cccc(Nc2ncc(-c3cccc(F)c3)cn2)c1. The highest BCUT2D eigenvalue weighted by Gasteiger charge is 2.08. The van der Waals surface area contributed by atoms with Crippen LogP contribution in [0.15, 0.2) is 85.2 Å². The van der Waals surface area contributed by atoms with Crippen molar-refractivity contribution in [1.29, 1.82) is 0 Å². The van der Waals surface area contributed by atoms with Crippen molar-refractivity contribution < 1.29 is 9.18 Å². The number of anilines is 3. The van der Waals surface area contributed by atoms with Crippen molar-refractivity contribution in [2.75, 3.05) is 17.6 Å². The van der Waals surface area contributed by atoms with Crippen LogP contribution < -0.4 is 16.4 Å². The van der Waals surface area contributed by atoms with Crippen LogP contribution in [0.2, 0.25) is 0 Å². The van der Waals surface area contributed by atoms with Gasteiger partial charge < -0.3 is 16.4 Å². The molecule has 0 aliphatic carbocycles. The predicted octanol–water partition coefficient (Wildman–Crippen LogP) is 4.58. The first-order valence-corrected chi connectivity index (χ1v) is 10.1. The van der Waals surface area contributed by atoms with Crippen molar-refractivity contribution in [2.45, 2.75) is 6.42 Å². The summed E-state index contributed by atoms with van der Waals surface area (Å²) in [6.45, 7) is 0.482. The van der Waals surface area contributed by atoms with E-state index in [0.29, 0.717) is 41.3 Å². The molecule has 0 radical (unpaired) electrons. The van der Waals surface area contributed by atoms with E-state index in [4.69, 9.17) is 5.73 Å². The highest BCUT2D eigenvalue weighted by Crippen LogP contribution is 2.20. The lowest BCUT2D eigenvalue weighted by Gasteiger charge is -2.09. The molecule has 0 fully saturated rings. The maximum atomic E-state index is 13.4. The molecule has 1 aromatic heterocycles. The minimum atomic E-state index is -0.313. The Morgan fingerprint density at radius 3 is 2.47 bits per heavy atom. The number of aromatic nitrogens is 2. The number of para-hydroxylation sites is 1. The molecule has 1 heterocycles. The van der Waals surface area contributed by atoms with Gasteiger partial charge in [0.15, 0.2) is 0 Å². The zero-order valence-electron chi connectivity index (χ0n) is 17.3. The van der Waals surface area contributed by atoms with Crippen LogP contribution in [-0.4, -0.2) is 22.4 Å². The second kappa shape index (κ2) is 9.70. The average Bonchev–Trinajstić information content (AvgIpc) is 2.81. The minimum absolute atomic E-state index is 0.175. The smallest absolute Gasteiger partial charge is 0.251 e. The lowest BCUT2D eigenvalue weighted by Crippen LogP contribution is -2.25. The van der Waals surface area contributed by atoms with Gasteiger partial charge >= 0.3 is 0 Å². The molecule has 0 atom stereocenters. The van der Waals surface area contributed by atoms with Gasteiger partial charge in [0.2, 0.25) is 5.95 Å². The number of nitrogen functional groups attached to an aromatic ring is 1. The fraction of sp³-hybridized carbons (Fsp3) is 0.0800. The van der Waals surface area contributed by atoms with Crippen LogP contribution in [0.3, 0.4) is 0 Å². The zero-order chi connectivity index (χ0) is 22.3. The van der Waals surface area contributed by atoms with E-state index in [2.05, 4.69) is 20.6 Å². The molecule has 0 saturated carbocycles. The first-order valence-electron chi connectivity index (χ1n) is 10.1. The second-order valence-electron chi connectivity index (χ2n) is 7.22. The third-order valence-electron chi connectivity index (χ3n) is 4.93. The van der Waals surface area contributed by atoms with Gasteiger partial charge in [0.1, 0.15) is 5.82 Å². The number of nitrogens with one attached hydrogen (secondary N) is 2. The Balaban J connectivity index is 1.37. The van der Waals surface area contributed by atoms with Gasteiger partial charge in [-0.25, -0.2) is 14.4 Å². The van der Waals surface area contributed by atoms with E-state index in [1.165, 1.54) is 12.1 Å². The van der Waals surface area contributed by atoms with Crippen molar-refractivity contribution in [1.82, 2.24) is 15.3 Å². The summed E-state index contributed by atoms with van der Waals surface area (Å²) >= 11 is 0. The van der Waals surface area contributed by atoms with Crippen LogP contribution in [-0.2, 0) is 6.42 Å². The largest absolute Gasteiger partial charge is 0.399 e. The maximum absolute atomic E-state index is 13.4. The molecule has 0 saturated heterocycles. The first kappa shape index (κ1) is 21.0. The molecule has 1 amide bonds. The fourth-order valence-electron chi connectivity index (χ4n) is 3.25. The topological polar surface area (TPSA) is 92.9 Å². The summed E-state index contributed by atoms with van der Waals surface area (Å²) in [5.41, 5.74) is 10.3. The Hall–Kier alpha value is -4.26. The molecule has 4 N–H and O–H groups in total. The molecule has 6 nitrogen and oxygen atoms in total. The molecule has 4 rings (SSSR count). The molecule has 32 heavy (non-hydrogen) atoms. The number of nitrogens with two attached hydrogens (primary N) is 1. The highest BCUT2D eigenvalue weighted by molar-refractivity contribution is 5.95. The molecule has 0 aliphatic heterocycles. The number of amides is 1. The van der Waals surface area contributed by atoms with E-state index in [9.17, 15) is 9.18 Å². The van der Waals surface area contributed by atoms with Crippen LogP contribution >= 0.6 is 0 Å². The first-order chi connectivity index (χ1) is 15.6. The monoisotopic (exact) mass is 427 g/mol. The Labute approximate surface area is 185 Å².